The van der Waals surface area contributed by atoms with Crippen LogP contribution in [0.3, 0.4) is 0 Å². The number of carboxylic acids is 1. The van der Waals surface area contributed by atoms with Crippen LogP contribution in [0.2, 0.25) is 0 Å². The summed E-state index contributed by atoms with van der Waals surface area (Å²) in [6, 6.07) is 0. The Hall–Kier alpha value is -0.125. The first-order valence-electron chi connectivity index (χ1n) is 4.85. The molecule has 0 aliphatic heterocycles. The summed E-state index contributed by atoms with van der Waals surface area (Å²) in [5.74, 6) is -1.45. The van der Waals surface area contributed by atoms with Crippen LogP contribution in [-0.2, 0) is 9.59 Å². The topological polar surface area (TPSA) is 66.4 Å². The molecule has 1 radical (unpaired) electrons. The van der Waals surface area contributed by atoms with Crippen LogP contribution in [0.1, 0.15) is 32.6 Å². The maximum atomic E-state index is 10.9. The number of carbonyl (C=O) groups excluding carboxylic acids is 1. The van der Waals surface area contributed by atoms with Gasteiger partial charge >= 0.3 is 5.97 Å². The summed E-state index contributed by atoms with van der Waals surface area (Å²) >= 11 is 0. The zero-order valence-corrected chi connectivity index (χ0v) is 12.7. The third-order valence-electron chi connectivity index (χ3n) is 1.71. The monoisotopic (exact) mass is 338 g/mol. The second kappa shape index (κ2) is 11.9. The van der Waals surface area contributed by atoms with Crippen molar-refractivity contribution >= 4 is 11.9 Å². The van der Waals surface area contributed by atoms with Crippen LogP contribution in [0, 0.1) is 35.6 Å². The van der Waals surface area contributed by atoms with Crippen LogP contribution in [-0.4, -0.2) is 23.5 Å². The summed E-state index contributed by atoms with van der Waals surface area (Å²) in [6.45, 7) is 2.73. The number of carboxylic acid groups (broad SMARTS) is 1. The molecule has 83 valence electrons. The largest absolute Gasteiger partial charge is 0.478 e. The van der Waals surface area contributed by atoms with Gasteiger partial charge in [-0.15, -0.1) is 0 Å². The number of amides is 1. The van der Waals surface area contributed by atoms with Crippen LogP contribution >= 0.6 is 0 Å². The first kappa shape index (κ1) is 17.3. The molecule has 0 saturated carbocycles. The maximum absolute atomic E-state index is 10.9. The van der Waals surface area contributed by atoms with Crippen molar-refractivity contribution in [1.82, 2.24) is 5.32 Å². The van der Waals surface area contributed by atoms with Crippen molar-refractivity contribution in [1.29, 1.82) is 0 Å². The first-order chi connectivity index (χ1) is 6.66. The van der Waals surface area contributed by atoms with E-state index in [4.69, 9.17) is 5.11 Å². The van der Waals surface area contributed by atoms with Crippen molar-refractivity contribution < 1.29 is 50.3 Å². The number of hydrogen-bond acceptors (Lipinski definition) is 2. The minimum atomic E-state index is -1.11. The summed E-state index contributed by atoms with van der Waals surface area (Å²) in [7, 11) is 0. The minimum absolute atomic E-state index is 0. The van der Waals surface area contributed by atoms with Gasteiger partial charge in [0.2, 0.25) is 5.91 Å². The molecule has 0 spiro atoms. The number of aliphatic carboxylic acids is 1. The molecule has 5 heteroatoms. The maximum Gasteiger partial charge on any atom is 0.328 e. The Morgan fingerprint density at radius 3 is 2.40 bits per heavy atom. The molecule has 2 N–H and O–H groups in total. The van der Waals surface area contributed by atoms with E-state index in [2.05, 4.69) is 12.2 Å². The molecule has 1 amide bonds. The van der Waals surface area contributed by atoms with Gasteiger partial charge < -0.3 is 10.4 Å². The molecular weight excluding hydrogens is 321 g/mol. The van der Waals surface area contributed by atoms with Gasteiger partial charge in [0, 0.05) is 54.3 Å². The Labute approximate surface area is 118 Å². The molecule has 0 aliphatic rings. The molecule has 0 rings (SSSR count). The smallest absolute Gasteiger partial charge is 0.328 e. The summed E-state index contributed by atoms with van der Waals surface area (Å²) < 4.78 is 0. The van der Waals surface area contributed by atoms with E-state index in [1.165, 1.54) is 6.42 Å². The number of unbranched alkanes of at least 4 members (excludes halogenated alkanes) is 3. The minimum Gasteiger partial charge on any atom is -0.478 e. The predicted octanol–water partition coefficient (Wildman–Crippen LogP) is 1.32. The average molecular weight is 338 g/mol. The normalized spacial score (nSPS) is 9.67. The van der Waals surface area contributed by atoms with E-state index in [0.29, 0.717) is 6.54 Å². The van der Waals surface area contributed by atoms with E-state index in [1.54, 1.807) is 0 Å². The van der Waals surface area contributed by atoms with Gasteiger partial charge in [0.25, 0.3) is 0 Å². The van der Waals surface area contributed by atoms with Crippen molar-refractivity contribution in [3.63, 3.8) is 0 Å². The van der Waals surface area contributed by atoms with Crippen LogP contribution in [0.4, 0.5) is 0 Å². The Balaban J connectivity index is 0. The fourth-order valence-electron chi connectivity index (χ4n) is 0.969. The third-order valence-corrected chi connectivity index (χ3v) is 1.71. The van der Waals surface area contributed by atoms with Crippen molar-refractivity contribution in [3.8, 4) is 0 Å². The molecule has 0 aromatic carbocycles. The van der Waals surface area contributed by atoms with E-state index in [-0.39, 0.29) is 41.5 Å². The molecular formula is C10H17LaNO3. The number of carbonyl (C=O) groups is 2. The van der Waals surface area contributed by atoms with Gasteiger partial charge in [0.1, 0.15) is 0 Å². The van der Waals surface area contributed by atoms with Gasteiger partial charge in [-0.25, -0.2) is 4.79 Å². The summed E-state index contributed by atoms with van der Waals surface area (Å²) in [6.07, 6.45) is 6.23. The van der Waals surface area contributed by atoms with Gasteiger partial charge in [-0.3, -0.25) is 4.79 Å². The van der Waals surface area contributed by atoms with Gasteiger partial charge in [-0.2, -0.15) is 0 Å². The van der Waals surface area contributed by atoms with Crippen molar-refractivity contribution in [2.45, 2.75) is 32.6 Å². The zero-order valence-electron chi connectivity index (χ0n) is 9.03. The molecule has 0 fully saturated rings. The van der Waals surface area contributed by atoms with Gasteiger partial charge in [0.15, 0.2) is 0 Å². The SMILES string of the molecule is CCCCCCNC(=O)/C=C\C(=O)O.[La]. The quantitative estimate of drug-likeness (QED) is 0.544. The van der Waals surface area contributed by atoms with E-state index >= 15 is 0 Å². The molecule has 0 aromatic rings. The van der Waals surface area contributed by atoms with Crippen LogP contribution < -0.4 is 5.32 Å². The number of rotatable bonds is 7. The van der Waals surface area contributed by atoms with Crippen LogP contribution in [0.5, 0.6) is 0 Å². The second-order valence-corrected chi connectivity index (χ2v) is 3.02. The Morgan fingerprint density at radius 1 is 1.20 bits per heavy atom. The van der Waals surface area contributed by atoms with Gasteiger partial charge in [-0.05, 0) is 6.42 Å². The number of nitrogens with one attached hydrogen (secondary N) is 1. The molecule has 0 aliphatic carbocycles. The van der Waals surface area contributed by atoms with Crippen LogP contribution in [0.15, 0.2) is 12.2 Å². The first-order valence-corrected chi connectivity index (χ1v) is 4.85. The Morgan fingerprint density at radius 2 is 1.87 bits per heavy atom. The molecule has 0 aromatic heterocycles. The molecule has 4 nitrogen and oxygen atoms in total. The zero-order chi connectivity index (χ0) is 10.8. The third kappa shape index (κ3) is 13.9. The summed E-state index contributed by atoms with van der Waals surface area (Å²) in [5.41, 5.74) is 0. The fraction of sp³-hybridized carbons (Fsp3) is 0.600. The second-order valence-electron chi connectivity index (χ2n) is 3.02. The standard InChI is InChI=1S/C10H17NO3.La/c1-2-3-4-5-8-11-9(12)6-7-10(13)14;/h6-7H,2-5,8H2,1H3,(H,11,12)(H,13,14);/b7-6-;. The molecule has 15 heavy (non-hydrogen) atoms. The van der Waals surface area contributed by atoms with Crippen molar-refractivity contribution in [2.75, 3.05) is 6.54 Å². The summed E-state index contributed by atoms with van der Waals surface area (Å²) in [4.78, 5) is 21.0. The van der Waals surface area contributed by atoms with Gasteiger partial charge in [0.05, 0.1) is 0 Å². The predicted molar refractivity (Wildman–Crippen MR) is 53.9 cm³/mol. The van der Waals surface area contributed by atoms with E-state index in [9.17, 15) is 9.59 Å². The van der Waals surface area contributed by atoms with Crippen molar-refractivity contribution in [3.05, 3.63) is 12.2 Å². The number of hydrogen-bond donors (Lipinski definition) is 2. The van der Waals surface area contributed by atoms with Crippen LogP contribution in [0.25, 0.3) is 0 Å². The molecule has 0 atom stereocenters. The van der Waals surface area contributed by atoms with E-state index in [0.717, 1.165) is 31.4 Å². The average Bonchev–Trinajstić information content (AvgIpc) is 2.14. The van der Waals surface area contributed by atoms with E-state index < -0.39 is 5.97 Å². The fourth-order valence-corrected chi connectivity index (χ4v) is 0.969. The Kier molecular flexibility index (Phi) is 13.8. The Bertz CT molecular complexity index is 217. The molecule has 0 bridgehead atoms. The summed E-state index contributed by atoms with van der Waals surface area (Å²) in [5, 5.41) is 10.8. The van der Waals surface area contributed by atoms with E-state index in [1.807, 2.05) is 0 Å². The molecule has 0 saturated heterocycles. The van der Waals surface area contributed by atoms with Gasteiger partial charge in [-0.1, -0.05) is 26.2 Å². The molecule has 0 unspecified atom stereocenters. The van der Waals surface area contributed by atoms with Crippen molar-refractivity contribution in [2.24, 2.45) is 0 Å². The molecule has 0 heterocycles.